The van der Waals surface area contributed by atoms with Crippen LogP contribution < -0.4 is 4.18 Å². The van der Waals surface area contributed by atoms with Gasteiger partial charge >= 0.3 is 27.9 Å². The first-order valence-corrected chi connectivity index (χ1v) is 13.1. The molecule has 0 spiro atoms. The summed E-state index contributed by atoms with van der Waals surface area (Å²) in [5.41, 5.74) is -2.09. The number of rotatable bonds is 4. The molecule has 10 nitrogen and oxygen atoms in total. The molecule has 214 valence electrons. The van der Waals surface area contributed by atoms with Crippen molar-refractivity contribution in [1.29, 1.82) is 0 Å². The van der Waals surface area contributed by atoms with Crippen molar-refractivity contribution in [2.45, 2.75) is 31.3 Å². The minimum absolute atomic E-state index is 0.222. The lowest BCUT2D eigenvalue weighted by molar-refractivity contribution is -0.193. The van der Waals surface area contributed by atoms with Gasteiger partial charge in [-0.25, -0.2) is 0 Å². The fourth-order valence-corrected chi connectivity index (χ4v) is 5.32. The van der Waals surface area contributed by atoms with E-state index in [4.69, 9.17) is 19.2 Å². The van der Waals surface area contributed by atoms with Crippen LogP contribution in [0.2, 0.25) is 0 Å². The number of Topliss-reactive ketones (excluding diaryl/α,β-unsaturated/α-hetero) is 1. The molecule has 14 heteroatoms. The summed E-state index contributed by atoms with van der Waals surface area (Å²) in [5.74, 6) is -1.31. The van der Waals surface area contributed by atoms with Crippen LogP contribution in [-0.4, -0.2) is 48.4 Å². The number of H-pyrrole nitrogens is 1. The number of hydrogen-bond acceptors (Lipinski definition) is 9. The Bertz CT molecular complexity index is 1720. The Labute approximate surface area is 231 Å². The summed E-state index contributed by atoms with van der Waals surface area (Å²) in [6.07, 6.45) is 4.61. The quantitative estimate of drug-likeness (QED) is 0.270. The number of fused-ring (bicyclic) bond motifs is 5. The molecule has 3 heterocycles. The topological polar surface area (TPSA) is 148 Å². The van der Waals surface area contributed by atoms with Gasteiger partial charge in [0.05, 0.1) is 11.1 Å². The number of nitrogens with zero attached hydrogens (tertiary/aromatic N) is 1. The lowest BCUT2D eigenvalue weighted by Crippen LogP contribution is -2.48. The molecular formula is C27H21F3N2O8S. The van der Waals surface area contributed by atoms with Gasteiger partial charge in [0, 0.05) is 34.9 Å². The molecule has 0 saturated heterocycles. The average molecular weight is 591 g/mol. The van der Waals surface area contributed by atoms with Gasteiger partial charge in [-0.1, -0.05) is 30.3 Å². The van der Waals surface area contributed by atoms with Crippen molar-refractivity contribution in [1.82, 2.24) is 9.88 Å². The summed E-state index contributed by atoms with van der Waals surface area (Å²) in [7, 11) is -5.93. The lowest BCUT2D eigenvalue weighted by atomic mass is 9.78. The molecular weight excluding hydrogens is 569 g/mol. The maximum absolute atomic E-state index is 13.4. The molecule has 41 heavy (non-hydrogen) atoms. The van der Waals surface area contributed by atoms with Gasteiger partial charge in [0.25, 0.3) is 0 Å². The first kappa shape index (κ1) is 30.8. The largest absolute Gasteiger partial charge is 0.534 e. The maximum Gasteiger partial charge on any atom is 0.534 e. The van der Waals surface area contributed by atoms with Gasteiger partial charge < -0.3 is 14.1 Å². The van der Waals surface area contributed by atoms with E-state index < -0.39 is 32.7 Å². The smallest absolute Gasteiger partial charge is 0.375 e. The molecule has 5 rings (SSSR count). The summed E-state index contributed by atoms with van der Waals surface area (Å²) in [6.45, 7) is 4.56. The third-order valence-corrected chi connectivity index (χ3v) is 7.76. The molecule has 0 aliphatic carbocycles. The first-order valence-electron chi connectivity index (χ1n) is 11.7. The number of hydrogen-bond donors (Lipinski definition) is 1. The molecule has 1 N–H and O–H groups in total. The highest BCUT2D eigenvalue weighted by molar-refractivity contribution is 7.88. The Morgan fingerprint density at radius 2 is 1.61 bits per heavy atom. The van der Waals surface area contributed by atoms with Crippen molar-refractivity contribution in [3.63, 3.8) is 0 Å². The molecule has 1 unspecified atom stereocenters. The molecule has 2 aliphatic rings. The minimum atomic E-state index is -5.93. The van der Waals surface area contributed by atoms with Crippen LogP contribution in [0, 0.1) is 0 Å². The third kappa shape index (κ3) is 5.75. The highest BCUT2D eigenvalue weighted by Gasteiger charge is 2.49. The Balaban J connectivity index is 0.000000710. The number of halogens is 3. The Kier molecular flexibility index (Phi) is 8.83. The van der Waals surface area contributed by atoms with Crippen LogP contribution in [0.5, 0.6) is 5.75 Å². The number of nitrogens with one attached hydrogen (secondary N) is 1. The van der Waals surface area contributed by atoms with Crippen LogP contribution in [0.3, 0.4) is 0 Å². The molecule has 2 aromatic carbocycles. The van der Waals surface area contributed by atoms with Crippen molar-refractivity contribution in [2.75, 3.05) is 6.54 Å². The summed E-state index contributed by atoms with van der Waals surface area (Å²) in [5, 5.41) is 1.15. The molecule has 0 fully saturated rings. The van der Waals surface area contributed by atoms with Gasteiger partial charge in [0.2, 0.25) is 0 Å². The van der Waals surface area contributed by atoms with Crippen molar-refractivity contribution in [2.24, 2.45) is 0 Å². The normalized spacial score (nSPS) is 17.5. The van der Waals surface area contributed by atoms with Gasteiger partial charge in [-0.3, -0.25) is 4.79 Å². The van der Waals surface area contributed by atoms with Crippen molar-refractivity contribution in [3.8, 4) is 5.75 Å². The van der Waals surface area contributed by atoms with E-state index in [0.29, 0.717) is 6.54 Å². The summed E-state index contributed by atoms with van der Waals surface area (Å²) < 4.78 is 66.0. The van der Waals surface area contributed by atoms with Crippen LogP contribution in [0.15, 0.2) is 72.0 Å². The monoisotopic (exact) mass is 590 g/mol. The van der Waals surface area contributed by atoms with Gasteiger partial charge in [-0.15, -0.1) is 0 Å². The van der Waals surface area contributed by atoms with Gasteiger partial charge in [-0.05, 0) is 55.7 Å². The zero-order valence-corrected chi connectivity index (χ0v) is 22.3. The van der Waals surface area contributed by atoms with Gasteiger partial charge in [0.1, 0.15) is 0 Å². The zero-order chi connectivity index (χ0) is 30.6. The number of aromatic nitrogens is 1. The molecule has 0 saturated carbocycles. The molecule has 0 bridgehead atoms. The highest BCUT2D eigenvalue weighted by atomic mass is 32.2. The molecule has 0 amide bonds. The van der Waals surface area contributed by atoms with E-state index in [0.717, 1.165) is 34.7 Å². The predicted molar refractivity (Wildman–Crippen MR) is 134 cm³/mol. The minimum Gasteiger partial charge on any atom is -0.375 e. The number of aromatic amines is 1. The SMILES string of the molecule is CC1=CC(C(=O)c2ccccc2OS(=O)(=O)C(F)(F)F)=CN2CCc3c([nH]c4ccccc34)C12C.O=C=O.O=C=O. The second-order valence-corrected chi connectivity index (χ2v) is 10.5. The molecule has 0 radical (unpaired) electrons. The number of ketones is 1. The fourth-order valence-electron chi connectivity index (χ4n) is 4.84. The summed E-state index contributed by atoms with van der Waals surface area (Å²) in [4.78, 5) is 51.4. The average Bonchev–Trinajstić information content (AvgIpc) is 3.29. The molecule has 1 aromatic heterocycles. The number of alkyl halides is 3. The number of allylic oxidation sites excluding steroid dienone is 2. The molecule has 2 aliphatic heterocycles. The zero-order valence-electron chi connectivity index (χ0n) is 21.4. The van der Waals surface area contributed by atoms with Gasteiger partial charge in [-0.2, -0.15) is 40.8 Å². The Morgan fingerprint density at radius 3 is 2.24 bits per heavy atom. The van der Waals surface area contributed by atoms with E-state index in [1.165, 1.54) is 23.8 Å². The standard InChI is InChI=1S/C25H21F3N2O4S.2CO2/c1-15-13-16(22(31)19-8-4-6-10-21(19)34-35(32,33)25(26,27)28)14-30-12-11-18-17-7-3-5-9-20(17)29-23(18)24(15,30)2;2*2-1-3/h3-10,13-14,29H,11-12H2,1-2H3;;. The van der Waals surface area contributed by atoms with Crippen molar-refractivity contribution in [3.05, 3.63) is 88.8 Å². The number of carbonyl (C=O) groups excluding carboxylic acids is 5. The Hall–Kier alpha value is -4.77. The second-order valence-electron chi connectivity index (χ2n) is 8.93. The number of para-hydroxylation sites is 2. The maximum atomic E-state index is 13.4. The fraction of sp³-hybridized carbons (Fsp3) is 0.222. The van der Waals surface area contributed by atoms with Crippen molar-refractivity contribution < 1.29 is 49.7 Å². The molecule has 1 atom stereocenters. The molecule has 3 aromatic rings. The highest BCUT2D eigenvalue weighted by Crippen LogP contribution is 2.46. The number of benzene rings is 2. The lowest BCUT2D eigenvalue weighted by Gasteiger charge is -2.47. The first-order chi connectivity index (χ1) is 19.3. The van der Waals surface area contributed by atoms with Crippen LogP contribution in [0.4, 0.5) is 13.2 Å². The van der Waals surface area contributed by atoms with E-state index in [1.54, 1.807) is 12.3 Å². The van der Waals surface area contributed by atoms with E-state index in [1.807, 2.05) is 30.0 Å². The summed E-state index contributed by atoms with van der Waals surface area (Å²) in [6, 6.07) is 13.0. The van der Waals surface area contributed by atoms with Crippen LogP contribution >= 0.6 is 0 Å². The van der Waals surface area contributed by atoms with E-state index in [9.17, 15) is 26.4 Å². The second kappa shape index (κ2) is 11.8. The van der Waals surface area contributed by atoms with Gasteiger partial charge in [0.15, 0.2) is 11.5 Å². The number of carbonyl (C=O) groups is 1. The van der Waals surface area contributed by atoms with Crippen LogP contribution in [-0.2, 0) is 41.3 Å². The predicted octanol–water partition coefficient (Wildman–Crippen LogP) is 4.03. The van der Waals surface area contributed by atoms with E-state index in [2.05, 4.69) is 22.2 Å². The van der Waals surface area contributed by atoms with Crippen LogP contribution in [0.1, 0.15) is 35.5 Å². The Morgan fingerprint density at radius 1 is 1.02 bits per heavy atom. The van der Waals surface area contributed by atoms with E-state index >= 15 is 0 Å². The van der Waals surface area contributed by atoms with Crippen LogP contribution in [0.25, 0.3) is 10.9 Å². The van der Waals surface area contributed by atoms with E-state index in [-0.39, 0.29) is 23.4 Å². The van der Waals surface area contributed by atoms with Crippen molar-refractivity contribution >= 4 is 39.1 Å². The summed E-state index contributed by atoms with van der Waals surface area (Å²) >= 11 is 0. The third-order valence-electron chi connectivity index (χ3n) is 6.79.